The maximum atomic E-state index is 11.2. The maximum absolute atomic E-state index is 11.2. The van der Waals surface area contributed by atoms with Gasteiger partial charge in [0.15, 0.2) is 0 Å². The lowest BCUT2D eigenvalue weighted by Gasteiger charge is -2.01. The van der Waals surface area contributed by atoms with E-state index in [0.717, 1.165) is 12.1 Å². The lowest BCUT2D eigenvalue weighted by atomic mass is 10.1. The average molecular weight is 370 g/mol. The van der Waals surface area contributed by atoms with Crippen molar-refractivity contribution in [2.24, 2.45) is 0 Å². The predicted molar refractivity (Wildman–Crippen MR) is 93.4 cm³/mol. The number of carboxylic acids is 1. The topological polar surface area (TPSA) is 141 Å². The molecule has 2 aromatic heterocycles. The first-order chi connectivity index (χ1) is 12.8. The molecule has 0 aliphatic heterocycles. The van der Waals surface area contributed by atoms with Gasteiger partial charge in [0, 0.05) is 0 Å². The highest BCUT2D eigenvalue weighted by molar-refractivity contribution is 5.96. The maximum Gasteiger partial charge on any atom is 0.346 e. The fourth-order valence-electron chi connectivity index (χ4n) is 2.48. The number of rotatable bonds is 2. The summed E-state index contributed by atoms with van der Waals surface area (Å²) in [5, 5.41) is 8.54. The van der Waals surface area contributed by atoms with Crippen LogP contribution in [0.1, 0.15) is 10.4 Å². The predicted octanol–water partition coefficient (Wildman–Crippen LogP) is 0.889. The Morgan fingerprint density at radius 1 is 0.815 bits per heavy atom. The van der Waals surface area contributed by atoms with Crippen molar-refractivity contribution in [3.63, 3.8) is 0 Å². The van der Waals surface area contributed by atoms with Gasteiger partial charge >= 0.3 is 28.5 Å². The summed E-state index contributed by atoms with van der Waals surface area (Å²) in [6.07, 6.45) is 0. The van der Waals surface area contributed by atoms with Crippen LogP contribution < -0.4 is 27.2 Å². The highest BCUT2D eigenvalue weighted by Crippen LogP contribution is 2.16. The smallest absolute Gasteiger partial charge is 0.346 e. The van der Waals surface area contributed by atoms with E-state index in [4.69, 9.17) is 9.84 Å². The molecule has 9 nitrogen and oxygen atoms in total. The molecule has 0 aliphatic rings. The second kappa shape index (κ2) is 6.71. The van der Waals surface area contributed by atoms with Gasteiger partial charge < -0.3 is 18.7 Å². The summed E-state index contributed by atoms with van der Waals surface area (Å²) in [6, 6.07) is 8.79. The third kappa shape index (κ3) is 3.13. The van der Waals surface area contributed by atoms with Crippen LogP contribution >= 0.6 is 0 Å². The van der Waals surface area contributed by atoms with E-state index in [2.05, 4.69) is 8.83 Å². The van der Waals surface area contributed by atoms with Crippen LogP contribution in [0.4, 0.5) is 0 Å². The number of hydrogen-bond donors (Lipinski definition) is 1. The van der Waals surface area contributed by atoms with Crippen molar-refractivity contribution in [3.05, 3.63) is 83.6 Å². The third-order valence-electron chi connectivity index (χ3n) is 3.75. The minimum atomic E-state index is -0.970. The van der Waals surface area contributed by atoms with Crippen LogP contribution in [0.5, 0.6) is 5.75 Å². The fraction of sp³-hybridized carbons (Fsp3) is 0.0556. The molecule has 1 N–H and O–H groups in total. The van der Waals surface area contributed by atoms with Crippen LogP contribution in [0.25, 0.3) is 21.5 Å². The summed E-state index contributed by atoms with van der Waals surface area (Å²) in [6.45, 7) is 0. The number of furan rings is 2. The number of hydrogen-bond acceptors (Lipinski definition) is 8. The van der Waals surface area contributed by atoms with E-state index < -0.39 is 28.5 Å². The first kappa shape index (κ1) is 17.8. The molecule has 0 radical (unpaired) electrons. The zero-order chi connectivity index (χ0) is 19.7. The molecule has 0 bridgehead atoms. The molecule has 136 valence electrons. The van der Waals surface area contributed by atoms with Gasteiger partial charge in [-0.1, -0.05) is 12.1 Å². The van der Waals surface area contributed by atoms with Crippen molar-refractivity contribution in [2.75, 3.05) is 7.11 Å². The Balaban J connectivity index is 0.000000168. The van der Waals surface area contributed by atoms with Crippen molar-refractivity contribution in [2.45, 2.75) is 0 Å². The Morgan fingerprint density at radius 3 is 1.56 bits per heavy atom. The average Bonchev–Trinajstić information content (AvgIpc) is 3.09. The van der Waals surface area contributed by atoms with Crippen molar-refractivity contribution in [1.29, 1.82) is 0 Å². The van der Waals surface area contributed by atoms with Crippen molar-refractivity contribution in [1.82, 2.24) is 0 Å². The summed E-state index contributed by atoms with van der Waals surface area (Å²) >= 11 is 0. The number of para-hydroxylation sites is 1. The molecule has 0 spiro atoms. The van der Waals surface area contributed by atoms with Gasteiger partial charge in [0.2, 0.25) is 0 Å². The van der Waals surface area contributed by atoms with Crippen LogP contribution in [0.2, 0.25) is 0 Å². The normalized spacial score (nSPS) is 10.6. The number of aromatic carboxylic acids is 1. The molecular formula is C18H10O9. The Morgan fingerprint density at radius 2 is 1.22 bits per heavy atom. The minimum Gasteiger partial charge on any atom is -0.496 e. The number of carbonyl (C=O) groups is 1. The highest BCUT2D eigenvalue weighted by Gasteiger charge is 2.15. The lowest BCUT2D eigenvalue weighted by molar-refractivity contribution is 0.0693. The molecule has 0 saturated carbocycles. The van der Waals surface area contributed by atoms with Crippen LogP contribution in [0.3, 0.4) is 0 Å². The van der Waals surface area contributed by atoms with Gasteiger partial charge in [-0.05, 0) is 24.3 Å². The van der Waals surface area contributed by atoms with Gasteiger partial charge in [0.05, 0.1) is 28.7 Å². The van der Waals surface area contributed by atoms with Gasteiger partial charge in [-0.15, -0.1) is 0 Å². The second-order valence-electron chi connectivity index (χ2n) is 5.30. The molecule has 2 heterocycles. The van der Waals surface area contributed by atoms with E-state index >= 15 is 0 Å². The zero-order valence-corrected chi connectivity index (χ0v) is 13.7. The molecular weight excluding hydrogens is 360 g/mol. The summed E-state index contributed by atoms with van der Waals surface area (Å²) in [5.41, 5.74) is -3.11. The number of methoxy groups -OCH3 is 1. The number of ether oxygens (including phenoxy) is 1. The standard InChI is InChI=1S/C10H2O6.C8H8O3/c11-7-3-1-4-6(10(14)16-8(4)12)2-5(3)9(13)15-7;1-11-7-5-3-2-4-6(7)8(9)10/h1-2H;2-5H,1H3,(H,9,10). The monoisotopic (exact) mass is 370 g/mol. The first-order valence-electron chi connectivity index (χ1n) is 7.41. The Kier molecular flexibility index (Phi) is 4.43. The Labute approximate surface area is 148 Å². The quantitative estimate of drug-likeness (QED) is 0.544. The molecule has 9 heteroatoms. The van der Waals surface area contributed by atoms with Crippen molar-refractivity contribution in [3.8, 4) is 5.75 Å². The highest BCUT2D eigenvalue weighted by atomic mass is 16.5. The SMILES string of the molecule is COc1ccccc1C(=O)O.O=c1oc(=O)c2cc3c(=O)oc(=O)c3cc12. The van der Waals surface area contributed by atoms with Crippen LogP contribution in [-0.4, -0.2) is 18.2 Å². The minimum absolute atomic E-state index is 0.0181. The lowest BCUT2D eigenvalue weighted by Crippen LogP contribution is -1.99. The molecule has 0 unspecified atom stereocenters. The van der Waals surface area contributed by atoms with Gasteiger partial charge in [-0.25, -0.2) is 24.0 Å². The number of carboxylic acid groups (broad SMARTS) is 1. The van der Waals surface area contributed by atoms with Crippen LogP contribution in [-0.2, 0) is 0 Å². The van der Waals surface area contributed by atoms with Crippen LogP contribution in [0, 0.1) is 0 Å². The van der Waals surface area contributed by atoms with Crippen molar-refractivity contribution < 1.29 is 23.5 Å². The molecule has 0 atom stereocenters. The molecule has 27 heavy (non-hydrogen) atoms. The Bertz CT molecular complexity index is 1220. The molecule has 2 aromatic carbocycles. The van der Waals surface area contributed by atoms with E-state index in [0.29, 0.717) is 5.75 Å². The molecule has 0 amide bonds. The molecule has 0 fully saturated rings. The third-order valence-corrected chi connectivity index (χ3v) is 3.75. The summed E-state index contributed by atoms with van der Waals surface area (Å²) < 4.78 is 13.5. The Hall–Kier alpha value is -4.01. The van der Waals surface area contributed by atoms with E-state index in [1.807, 2.05) is 0 Å². The van der Waals surface area contributed by atoms with Crippen molar-refractivity contribution >= 4 is 27.5 Å². The van der Waals surface area contributed by atoms with Gasteiger partial charge in [0.25, 0.3) is 0 Å². The van der Waals surface area contributed by atoms with E-state index in [1.54, 1.807) is 18.2 Å². The van der Waals surface area contributed by atoms with Gasteiger partial charge in [-0.2, -0.15) is 0 Å². The molecule has 4 aromatic rings. The zero-order valence-electron chi connectivity index (χ0n) is 13.7. The summed E-state index contributed by atoms with van der Waals surface area (Å²) in [4.78, 5) is 55.2. The van der Waals surface area contributed by atoms with E-state index in [-0.39, 0.29) is 27.1 Å². The largest absolute Gasteiger partial charge is 0.496 e. The van der Waals surface area contributed by atoms with Crippen LogP contribution in [0.15, 0.2) is 64.4 Å². The second-order valence-corrected chi connectivity index (χ2v) is 5.30. The molecule has 0 saturated heterocycles. The fourth-order valence-corrected chi connectivity index (χ4v) is 2.48. The molecule has 0 aliphatic carbocycles. The molecule has 4 rings (SSSR count). The van der Waals surface area contributed by atoms with E-state index in [9.17, 15) is 24.0 Å². The number of fused-ring (bicyclic) bond motifs is 2. The summed E-state index contributed by atoms with van der Waals surface area (Å²) in [5.74, 6) is -0.581. The van der Waals surface area contributed by atoms with E-state index in [1.165, 1.54) is 13.2 Å². The number of benzene rings is 2. The first-order valence-corrected chi connectivity index (χ1v) is 7.41. The van der Waals surface area contributed by atoms with Gasteiger partial charge in [-0.3, -0.25) is 0 Å². The van der Waals surface area contributed by atoms with Gasteiger partial charge in [0.1, 0.15) is 11.3 Å². The summed E-state index contributed by atoms with van der Waals surface area (Å²) in [7, 11) is 1.45.